The van der Waals surface area contributed by atoms with Gasteiger partial charge < -0.3 is 15.7 Å². The number of carbonyl (C=O) groups excluding carboxylic acids is 1. The van der Waals surface area contributed by atoms with E-state index in [0.717, 1.165) is 0 Å². The lowest BCUT2D eigenvalue weighted by atomic mass is 10.2. The van der Waals surface area contributed by atoms with E-state index in [1.165, 1.54) is 12.1 Å². The van der Waals surface area contributed by atoms with Gasteiger partial charge >= 0.3 is 12.0 Å². The number of aliphatic carboxylic acids is 1. The molecule has 0 fully saturated rings. The molecule has 98 valence electrons. The molecule has 0 spiro atoms. The summed E-state index contributed by atoms with van der Waals surface area (Å²) in [6.07, 6.45) is 0.296. The number of hydrogen-bond acceptors (Lipinski definition) is 2. The third-order valence-electron chi connectivity index (χ3n) is 2.19. The summed E-state index contributed by atoms with van der Waals surface area (Å²) in [7, 11) is 0. The molecular weight excluding hydrogens is 279 g/mol. The van der Waals surface area contributed by atoms with Crippen molar-refractivity contribution in [2.75, 3.05) is 5.32 Å². The van der Waals surface area contributed by atoms with Gasteiger partial charge in [-0.3, -0.25) is 0 Å². The van der Waals surface area contributed by atoms with Crippen molar-refractivity contribution in [3.8, 4) is 0 Å². The number of rotatable bonds is 4. The highest BCUT2D eigenvalue weighted by atomic mass is 35.5. The highest BCUT2D eigenvalue weighted by Crippen LogP contribution is 2.24. The van der Waals surface area contributed by atoms with E-state index < -0.39 is 18.0 Å². The number of carboxylic acid groups (broad SMARTS) is 1. The summed E-state index contributed by atoms with van der Waals surface area (Å²) in [4.78, 5) is 22.3. The normalized spacial score (nSPS) is 11.7. The molecule has 1 aromatic carbocycles. The molecule has 0 aromatic heterocycles. The smallest absolute Gasteiger partial charge is 0.326 e. The first kappa shape index (κ1) is 14.6. The van der Waals surface area contributed by atoms with Crippen LogP contribution in [0, 0.1) is 0 Å². The predicted molar refractivity (Wildman–Crippen MR) is 70.3 cm³/mol. The first-order chi connectivity index (χ1) is 8.43. The Balaban J connectivity index is 2.64. The molecule has 0 radical (unpaired) electrons. The van der Waals surface area contributed by atoms with Crippen molar-refractivity contribution in [2.45, 2.75) is 19.4 Å². The summed E-state index contributed by atoms with van der Waals surface area (Å²) < 4.78 is 0. The minimum atomic E-state index is -1.08. The maximum Gasteiger partial charge on any atom is 0.326 e. The Morgan fingerprint density at radius 2 is 2.00 bits per heavy atom. The molecule has 5 nitrogen and oxygen atoms in total. The maximum atomic E-state index is 11.5. The van der Waals surface area contributed by atoms with Crippen LogP contribution in [0.15, 0.2) is 18.2 Å². The van der Waals surface area contributed by atoms with Gasteiger partial charge in [0.25, 0.3) is 0 Å². The van der Waals surface area contributed by atoms with Crippen LogP contribution in [0.1, 0.15) is 13.3 Å². The second-order valence-electron chi connectivity index (χ2n) is 3.53. The zero-order valence-electron chi connectivity index (χ0n) is 9.54. The lowest BCUT2D eigenvalue weighted by molar-refractivity contribution is -0.139. The van der Waals surface area contributed by atoms with Gasteiger partial charge in [0, 0.05) is 5.69 Å². The average Bonchev–Trinajstić information content (AvgIpc) is 2.30. The number of hydrogen-bond donors (Lipinski definition) is 3. The number of carboxylic acids is 1. The Morgan fingerprint density at radius 1 is 1.33 bits per heavy atom. The van der Waals surface area contributed by atoms with E-state index in [4.69, 9.17) is 28.3 Å². The van der Waals surface area contributed by atoms with Gasteiger partial charge in [-0.2, -0.15) is 0 Å². The van der Waals surface area contributed by atoms with Crippen LogP contribution in [-0.4, -0.2) is 23.1 Å². The molecule has 7 heteroatoms. The molecule has 0 unspecified atom stereocenters. The van der Waals surface area contributed by atoms with Crippen LogP contribution in [0.2, 0.25) is 10.0 Å². The summed E-state index contributed by atoms with van der Waals surface area (Å²) in [5, 5.41) is 14.3. The summed E-state index contributed by atoms with van der Waals surface area (Å²) >= 11 is 11.5. The van der Waals surface area contributed by atoms with Crippen molar-refractivity contribution in [3.63, 3.8) is 0 Å². The highest BCUT2D eigenvalue weighted by Gasteiger charge is 2.17. The van der Waals surface area contributed by atoms with Crippen LogP contribution in [0.4, 0.5) is 10.5 Å². The fraction of sp³-hybridized carbons (Fsp3) is 0.273. The van der Waals surface area contributed by atoms with Crippen molar-refractivity contribution in [1.82, 2.24) is 5.32 Å². The van der Waals surface area contributed by atoms with Crippen molar-refractivity contribution in [1.29, 1.82) is 0 Å². The largest absolute Gasteiger partial charge is 0.480 e. The molecule has 1 rings (SSSR count). The molecule has 0 aliphatic carbocycles. The molecule has 3 N–H and O–H groups in total. The molecular formula is C11H12Cl2N2O3. The number of amides is 2. The Bertz CT molecular complexity index is 466. The zero-order chi connectivity index (χ0) is 13.7. The van der Waals surface area contributed by atoms with Crippen LogP contribution >= 0.6 is 23.2 Å². The quantitative estimate of drug-likeness (QED) is 0.798. The van der Waals surface area contributed by atoms with E-state index in [9.17, 15) is 9.59 Å². The predicted octanol–water partition coefficient (Wildman–Crippen LogP) is 2.98. The van der Waals surface area contributed by atoms with E-state index in [1.54, 1.807) is 13.0 Å². The molecule has 0 saturated carbocycles. The summed E-state index contributed by atoms with van der Waals surface area (Å²) in [6, 6.07) is 3.05. The number of carbonyl (C=O) groups is 2. The molecule has 0 aliphatic rings. The zero-order valence-corrected chi connectivity index (χ0v) is 11.0. The minimum absolute atomic E-state index is 0.296. The molecule has 0 aliphatic heterocycles. The van der Waals surface area contributed by atoms with Crippen LogP contribution in [-0.2, 0) is 4.79 Å². The fourth-order valence-corrected chi connectivity index (χ4v) is 1.54. The van der Waals surface area contributed by atoms with Crippen molar-refractivity contribution >= 4 is 40.9 Å². The molecule has 2 amide bonds. The highest BCUT2D eigenvalue weighted by molar-refractivity contribution is 6.42. The van der Waals surface area contributed by atoms with Crippen LogP contribution < -0.4 is 10.6 Å². The topological polar surface area (TPSA) is 78.4 Å². The molecule has 0 bridgehead atoms. The van der Waals surface area contributed by atoms with Crippen molar-refractivity contribution in [3.05, 3.63) is 28.2 Å². The van der Waals surface area contributed by atoms with Gasteiger partial charge in [0.2, 0.25) is 0 Å². The lowest BCUT2D eigenvalue weighted by Gasteiger charge is -2.13. The van der Waals surface area contributed by atoms with E-state index in [1.807, 2.05) is 0 Å². The van der Waals surface area contributed by atoms with Gasteiger partial charge in [-0.15, -0.1) is 0 Å². The lowest BCUT2D eigenvalue weighted by Crippen LogP contribution is -2.42. The Labute approximate surface area is 114 Å². The Morgan fingerprint density at radius 3 is 2.50 bits per heavy atom. The number of anilines is 1. The Hall–Kier alpha value is -1.46. The third-order valence-corrected chi connectivity index (χ3v) is 2.93. The van der Waals surface area contributed by atoms with Gasteiger partial charge in [-0.25, -0.2) is 9.59 Å². The molecule has 0 saturated heterocycles. The maximum absolute atomic E-state index is 11.5. The van der Waals surface area contributed by atoms with Crippen molar-refractivity contribution < 1.29 is 14.7 Å². The summed E-state index contributed by atoms with van der Waals surface area (Å²) in [6.45, 7) is 1.66. The number of benzene rings is 1. The standard InChI is InChI=1S/C11H12Cl2N2O3/c1-2-9(10(16)17)15-11(18)14-6-3-4-7(12)8(13)5-6/h3-5,9H,2H2,1H3,(H,16,17)(H2,14,15,18)/t9-/m1/s1. The number of nitrogens with one attached hydrogen (secondary N) is 2. The summed E-state index contributed by atoms with van der Waals surface area (Å²) in [5.74, 6) is -1.08. The molecule has 18 heavy (non-hydrogen) atoms. The first-order valence-corrected chi connectivity index (χ1v) is 5.95. The average molecular weight is 291 g/mol. The minimum Gasteiger partial charge on any atom is -0.480 e. The van der Waals surface area contributed by atoms with Crippen LogP contribution in [0.5, 0.6) is 0 Å². The van der Waals surface area contributed by atoms with Gasteiger partial charge in [-0.1, -0.05) is 30.1 Å². The SMILES string of the molecule is CC[C@@H](NC(=O)Nc1ccc(Cl)c(Cl)c1)C(=O)O. The second-order valence-corrected chi connectivity index (χ2v) is 4.34. The first-order valence-electron chi connectivity index (χ1n) is 5.19. The van der Waals surface area contributed by atoms with Crippen LogP contribution in [0.25, 0.3) is 0 Å². The van der Waals surface area contributed by atoms with Gasteiger partial charge in [0.1, 0.15) is 6.04 Å². The van der Waals surface area contributed by atoms with Gasteiger partial charge in [-0.05, 0) is 24.6 Å². The molecule has 0 heterocycles. The molecule has 1 atom stereocenters. The van der Waals surface area contributed by atoms with E-state index in [2.05, 4.69) is 10.6 Å². The van der Waals surface area contributed by atoms with Gasteiger partial charge in [0.05, 0.1) is 10.0 Å². The number of urea groups is 1. The summed E-state index contributed by atoms with van der Waals surface area (Å²) in [5.41, 5.74) is 0.433. The second kappa shape index (κ2) is 6.47. The van der Waals surface area contributed by atoms with E-state index >= 15 is 0 Å². The number of halogens is 2. The third kappa shape index (κ3) is 4.09. The molecule has 1 aromatic rings. The van der Waals surface area contributed by atoms with Gasteiger partial charge in [0.15, 0.2) is 0 Å². The van der Waals surface area contributed by atoms with E-state index in [-0.39, 0.29) is 0 Å². The van der Waals surface area contributed by atoms with E-state index in [0.29, 0.717) is 22.2 Å². The monoisotopic (exact) mass is 290 g/mol. The fourth-order valence-electron chi connectivity index (χ4n) is 1.24. The Kier molecular flexibility index (Phi) is 5.25. The van der Waals surface area contributed by atoms with Crippen molar-refractivity contribution in [2.24, 2.45) is 0 Å². The van der Waals surface area contributed by atoms with Crippen LogP contribution in [0.3, 0.4) is 0 Å².